The molecule has 0 bridgehead atoms. The van der Waals surface area contributed by atoms with Gasteiger partial charge in [-0.15, -0.1) is 0 Å². The Bertz CT molecular complexity index is 322. The molecule has 0 amide bonds. The Kier molecular flexibility index (Phi) is 10.0. The van der Waals surface area contributed by atoms with Crippen molar-refractivity contribution in [1.82, 2.24) is 0 Å². The molecule has 0 rings (SSSR count). The number of nitrogens with zero attached hydrogens (tertiary/aromatic N) is 2. The average Bonchev–Trinajstić information content (AvgIpc) is 2.37. The standard InChI is InChI=1S/C15H28N2O2/c1-5-7-9-11-15(12-10-8-6-2)17(19)16-13(3)14(4)18/h11,13H,5-10,12H2,1-4H3/b15-11-,17-16?/t13-/m0/s1. The van der Waals surface area contributed by atoms with E-state index in [4.69, 9.17) is 0 Å². The van der Waals surface area contributed by atoms with E-state index in [0.717, 1.165) is 44.9 Å². The third-order valence-electron chi connectivity index (χ3n) is 3.09. The van der Waals surface area contributed by atoms with E-state index in [2.05, 4.69) is 19.0 Å². The number of carbonyl (C=O) groups excluding carboxylic acids is 1. The molecule has 0 aliphatic heterocycles. The molecule has 0 N–H and O–H groups in total. The Morgan fingerprint density at radius 3 is 2.42 bits per heavy atom. The van der Waals surface area contributed by atoms with Gasteiger partial charge in [-0.25, -0.2) is 0 Å². The van der Waals surface area contributed by atoms with Gasteiger partial charge in [-0.05, 0) is 44.3 Å². The maximum atomic E-state index is 12.0. The van der Waals surface area contributed by atoms with Crippen molar-refractivity contribution in [2.24, 2.45) is 5.11 Å². The molecule has 4 nitrogen and oxygen atoms in total. The maximum Gasteiger partial charge on any atom is 0.217 e. The number of allylic oxidation sites excluding steroid dienone is 2. The van der Waals surface area contributed by atoms with Crippen LogP contribution in [0, 0.1) is 5.21 Å². The van der Waals surface area contributed by atoms with Crippen molar-refractivity contribution in [3.05, 3.63) is 17.0 Å². The summed E-state index contributed by atoms with van der Waals surface area (Å²) in [5.74, 6) is -0.0812. The summed E-state index contributed by atoms with van der Waals surface area (Å²) in [5, 5.41) is 15.9. The fourth-order valence-corrected chi connectivity index (χ4v) is 1.62. The summed E-state index contributed by atoms with van der Waals surface area (Å²) < 4.78 is 0. The fourth-order valence-electron chi connectivity index (χ4n) is 1.62. The fraction of sp³-hybridized carbons (Fsp3) is 0.800. The minimum Gasteiger partial charge on any atom is -0.594 e. The van der Waals surface area contributed by atoms with Gasteiger partial charge in [0.25, 0.3) is 0 Å². The van der Waals surface area contributed by atoms with Crippen LogP contribution >= 0.6 is 0 Å². The lowest BCUT2D eigenvalue weighted by Crippen LogP contribution is -2.14. The highest BCUT2D eigenvalue weighted by molar-refractivity contribution is 5.80. The number of ketones is 1. The number of azo groups is 1. The van der Waals surface area contributed by atoms with Gasteiger partial charge in [-0.3, -0.25) is 4.79 Å². The van der Waals surface area contributed by atoms with E-state index in [9.17, 15) is 10.0 Å². The lowest BCUT2D eigenvalue weighted by molar-refractivity contribution is -0.484. The number of rotatable bonds is 10. The number of hydrogen-bond donors (Lipinski definition) is 0. The lowest BCUT2D eigenvalue weighted by Gasteiger charge is -2.07. The lowest BCUT2D eigenvalue weighted by atomic mass is 10.1. The highest BCUT2D eigenvalue weighted by Crippen LogP contribution is 2.13. The van der Waals surface area contributed by atoms with Crippen LogP contribution in [0.2, 0.25) is 0 Å². The van der Waals surface area contributed by atoms with Gasteiger partial charge in [0.1, 0.15) is 0 Å². The third kappa shape index (κ3) is 8.51. The zero-order valence-electron chi connectivity index (χ0n) is 12.8. The number of Topliss-reactive ketones (excluding diaryl/α,β-unsaturated/α-hetero) is 1. The molecule has 1 atom stereocenters. The molecule has 4 heteroatoms. The predicted octanol–water partition coefficient (Wildman–Crippen LogP) is 4.58. The van der Waals surface area contributed by atoms with Crippen LogP contribution < -0.4 is 0 Å². The molecule has 0 saturated heterocycles. The number of hydroxylamine groups is 1. The smallest absolute Gasteiger partial charge is 0.217 e. The van der Waals surface area contributed by atoms with Crippen molar-refractivity contribution in [1.29, 1.82) is 0 Å². The van der Waals surface area contributed by atoms with Crippen molar-refractivity contribution in [3.8, 4) is 0 Å². The molecule has 0 aliphatic carbocycles. The van der Waals surface area contributed by atoms with Gasteiger partial charge in [-0.1, -0.05) is 38.0 Å². The highest BCUT2D eigenvalue weighted by atomic mass is 16.5. The monoisotopic (exact) mass is 268 g/mol. The van der Waals surface area contributed by atoms with E-state index in [-0.39, 0.29) is 5.78 Å². The first-order valence-corrected chi connectivity index (χ1v) is 7.40. The van der Waals surface area contributed by atoms with Gasteiger partial charge in [-0.2, -0.15) is 0 Å². The second-order valence-electron chi connectivity index (χ2n) is 4.97. The summed E-state index contributed by atoms with van der Waals surface area (Å²) in [6.45, 7) is 7.38. The van der Waals surface area contributed by atoms with Crippen molar-refractivity contribution in [2.45, 2.75) is 78.7 Å². The SMILES string of the molecule is CCCC/C=C(/CCCCC)[N+]([O-])=N[C@@H](C)C(C)=O. The van der Waals surface area contributed by atoms with E-state index in [1.54, 1.807) is 6.92 Å². The zero-order valence-corrected chi connectivity index (χ0v) is 12.8. The van der Waals surface area contributed by atoms with Gasteiger partial charge in [0.15, 0.2) is 11.8 Å². The molecule has 19 heavy (non-hydrogen) atoms. The van der Waals surface area contributed by atoms with E-state index in [0.29, 0.717) is 10.6 Å². The van der Waals surface area contributed by atoms with E-state index in [1.807, 2.05) is 6.08 Å². The van der Waals surface area contributed by atoms with Crippen LogP contribution in [-0.2, 0) is 4.79 Å². The first-order valence-electron chi connectivity index (χ1n) is 7.40. The van der Waals surface area contributed by atoms with Crippen molar-refractivity contribution in [2.75, 3.05) is 0 Å². The molecule has 0 unspecified atom stereocenters. The Morgan fingerprint density at radius 2 is 1.89 bits per heavy atom. The average molecular weight is 268 g/mol. The highest BCUT2D eigenvalue weighted by Gasteiger charge is 2.13. The zero-order chi connectivity index (χ0) is 14.7. The largest absolute Gasteiger partial charge is 0.594 e. The molecule has 0 aliphatic rings. The van der Waals surface area contributed by atoms with Gasteiger partial charge >= 0.3 is 0 Å². The second kappa shape index (κ2) is 10.7. The quantitative estimate of drug-likeness (QED) is 0.252. The Hall–Kier alpha value is -1.19. The molecular weight excluding hydrogens is 240 g/mol. The van der Waals surface area contributed by atoms with Crippen LogP contribution in [0.15, 0.2) is 16.9 Å². The van der Waals surface area contributed by atoms with Crippen LogP contribution in [0.4, 0.5) is 0 Å². The topological polar surface area (TPSA) is 55.5 Å². The molecule has 0 heterocycles. The number of hydrogen-bond acceptors (Lipinski definition) is 3. The summed E-state index contributed by atoms with van der Waals surface area (Å²) in [7, 11) is 0. The van der Waals surface area contributed by atoms with Crippen LogP contribution in [0.5, 0.6) is 0 Å². The minimum absolute atomic E-state index is 0.0812. The molecule has 0 saturated carbocycles. The maximum absolute atomic E-state index is 12.0. The second-order valence-corrected chi connectivity index (χ2v) is 4.97. The molecule has 0 spiro atoms. The Morgan fingerprint density at radius 1 is 1.26 bits per heavy atom. The summed E-state index contributed by atoms with van der Waals surface area (Å²) in [4.78, 5) is 11.8. The Labute approximate surface area is 117 Å². The molecule has 0 aromatic carbocycles. The van der Waals surface area contributed by atoms with Crippen molar-refractivity contribution >= 4 is 5.78 Å². The third-order valence-corrected chi connectivity index (χ3v) is 3.09. The molecular formula is C15H28N2O2. The van der Waals surface area contributed by atoms with Gasteiger partial charge in [0, 0.05) is 6.42 Å². The van der Waals surface area contributed by atoms with Gasteiger partial charge < -0.3 is 5.21 Å². The van der Waals surface area contributed by atoms with Crippen molar-refractivity contribution in [3.63, 3.8) is 0 Å². The molecule has 0 aromatic heterocycles. The molecule has 0 fully saturated rings. The predicted molar refractivity (Wildman–Crippen MR) is 77.9 cm³/mol. The molecule has 110 valence electrons. The van der Waals surface area contributed by atoms with Crippen LogP contribution in [-0.4, -0.2) is 16.7 Å². The Balaban J connectivity index is 4.69. The van der Waals surface area contributed by atoms with Crippen LogP contribution in [0.1, 0.15) is 72.6 Å². The number of unbranched alkanes of at least 4 members (excludes halogenated alkanes) is 4. The van der Waals surface area contributed by atoms with Gasteiger partial charge in [0.2, 0.25) is 5.70 Å². The van der Waals surface area contributed by atoms with E-state index < -0.39 is 6.04 Å². The first kappa shape index (κ1) is 17.8. The van der Waals surface area contributed by atoms with Crippen LogP contribution in [0.3, 0.4) is 0 Å². The summed E-state index contributed by atoms with van der Waals surface area (Å²) in [6, 6.07) is -0.557. The normalized spacial score (nSPS) is 14.5. The van der Waals surface area contributed by atoms with Gasteiger partial charge in [0.05, 0.1) is 0 Å². The summed E-state index contributed by atoms with van der Waals surface area (Å²) >= 11 is 0. The van der Waals surface area contributed by atoms with Crippen LogP contribution in [0.25, 0.3) is 0 Å². The summed E-state index contributed by atoms with van der Waals surface area (Å²) in [6.07, 6.45) is 9.05. The molecule has 0 aromatic rings. The molecule has 0 radical (unpaired) electrons. The minimum atomic E-state index is -0.557. The van der Waals surface area contributed by atoms with E-state index >= 15 is 0 Å². The van der Waals surface area contributed by atoms with Crippen molar-refractivity contribution < 1.29 is 9.66 Å². The number of carbonyl (C=O) groups is 1. The summed E-state index contributed by atoms with van der Waals surface area (Å²) in [5.41, 5.74) is 0.704. The first-order chi connectivity index (χ1) is 9.02. The van der Waals surface area contributed by atoms with E-state index in [1.165, 1.54) is 6.92 Å².